The fourth-order valence-corrected chi connectivity index (χ4v) is 2.09. The van der Waals surface area contributed by atoms with E-state index in [2.05, 4.69) is 0 Å². The van der Waals surface area contributed by atoms with E-state index in [9.17, 15) is 9.18 Å². The van der Waals surface area contributed by atoms with E-state index in [1.54, 1.807) is 18.2 Å². The summed E-state index contributed by atoms with van der Waals surface area (Å²) in [4.78, 5) is 11.8. The minimum atomic E-state index is -0.370. The van der Waals surface area contributed by atoms with Crippen LogP contribution in [0.3, 0.4) is 0 Å². The summed E-state index contributed by atoms with van der Waals surface area (Å²) < 4.78 is 18.2. The Hall–Kier alpha value is -1.58. The van der Waals surface area contributed by atoms with Crippen LogP contribution in [0, 0.1) is 5.82 Å². The zero-order valence-corrected chi connectivity index (χ0v) is 11.9. The molecule has 0 N–H and O–H groups in total. The van der Waals surface area contributed by atoms with E-state index in [4.69, 9.17) is 27.9 Å². The van der Waals surface area contributed by atoms with Crippen LogP contribution < -0.4 is 4.74 Å². The molecule has 2 aromatic carbocycles. The Morgan fingerprint density at radius 1 is 1.10 bits per heavy atom. The fraction of sp³-hybridized carbons (Fsp3) is 0.133. The first-order valence-corrected chi connectivity index (χ1v) is 6.68. The van der Waals surface area contributed by atoms with Gasteiger partial charge in [-0.3, -0.25) is 4.79 Å². The molecule has 0 saturated carbocycles. The van der Waals surface area contributed by atoms with Crippen LogP contribution in [0.1, 0.15) is 16.8 Å². The Balaban J connectivity index is 1.89. The van der Waals surface area contributed by atoms with Gasteiger partial charge < -0.3 is 4.74 Å². The lowest BCUT2D eigenvalue weighted by Gasteiger charge is -2.07. The van der Waals surface area contributed by atoms with E-state index in [0.717, 1.165) is 0 Å². The zero-order valence-electron chi connectivity index (χ0n) is 10.4. The third-order valence-electron chi connectivity index (χ3n) is 2.65. The second kappa shape index (κ2) is 6.73. The normalized spacial score (nSPS) is 10.3. The van der Waals surface area contributed by atoms with Crippen molar-refractivity contribution in [2.24, 2.45) is 0 Å². The summed E-state index contributed by atoms with van der Waals surface area (Å²) in [5.74, 6) is -0.0104. The Morgan fingerprint density at radius 2 is 1.80 bits per heavy atom. The van der Waals surface area contributed by atoms with E-state index < -0.39 is 0 Å². The predicted molar refractivity (Wildman–Crippen MR) is 77.3 cm³/mol. The van der Waals surface area contributed by atoms with Gasteiger partial charge in [0.05, 0.1) is 11.6 Å². The number of hydrogen-bond donors (Lipinski definition) is 0. The maximum atomic E-state index is 12.7. The molecule has 0 heterocycles. The molecule has 0 atom stereocenters. The van der Waals surface area contributed by atoms with Crippen molar-refractivity contribution in [3.63, 3.8) is 0 Å². The second-order valence-corrected chi connectivity index (χ2v) is 4.95. The highest BCUT2D eigenvalue weighted by Crippen LogP contribution is 2.27. The van der Waals surface area contributed by atoms with Gasteiger partial charge in [-0.15, -0.1) is 0 Å². The highest BCUT2D eigenvalue weighted by molar-refractivity contribution is 6.35. The summed E-state index contributed by atoms with van der Waals surface area (Å²) >= 11 is 11.7. The SMILES string of the molecule is O=C(CCOc1ccc(Cl)cc1Cl)c1ccc(F)cc1. The zero-order chi connectivity index (χ0) is 14.5. The van der Waals surface area contributed by atoms with E-state index in [1.165, 1.54) is 24.3 Å². The van der Waals surface area contributed by atoms with Gasteiger partial charge in [0.15, 0.2) is 5.78 Å². The first-order valence-electron chi connectivity index (χ1n) is 5.93. The topological polar surface area (TPSA) is 26.3 Å². The summed E-state index contributed by atoms with van der Waals surface area (Å²) in [5, 5.41) is 0.913. The predicted octanol–water partition coefficient (Wildman–Crippen LogP) is 4.78. The summed E-state index contributed by atoms with van der Waals surface area (Å²) in [5.41, 5.74) is 0.456. The van der Waals surface area contributed by atoms with Gasteiger partial charge in [-0.05, 0) is 42.5 Å². The van der Waals surface area contributed by atoms with Gasteiger partial charge in [-0.1, -0.05) is 23.2 Å². The molecular formula is C15H11Cl2FO2. The third kappa shape index (κ3) is 3.95. The van der Waals surface area contributed by atoms with E-state index in [1.807, 2.05) is 0 Å². The maximum Gasteiger partial charge on any atom is 0.166 e. The molecule has 0 aliphatic heterocycles. The summed E-state index contributed by atoms with van der Waals surface area (Å²) in [6.45, 7) is 0.192. The molecule has 2 aromatic rings. The Bertz CT molecular complexity index is 612. The van der Waals surface area contributed by atoms with Crippen molar-refractivity contribution >= 4 is 29.0 Å². The number of rotatable bonds is 5. The number of halogens is 3. The average molecular weight is 313 g/mol. The molecule has 20 heavy (non-hydrogen) atoms. The molecule has 0 fully saturated rings. The van der Waals surface area contributed by atoms with Gasteiger partial charge in [0.1, 0.15) is 11.6 Å². The molecule has 0 radical (unpaired) electrons. The first kappa shape index (κ1) is 14.8. The van der Waals surface area contributed by atoms with Crippen LogP contribution in [0.2, 0.25) is 10.0 Å². The average Bonchev–Trinajstić information content (AvgIpc) is 2.42. The number of hydrogen-bond acceptors (Lipinski definition) is 2. The molecular weight excluding hydrogens is 302 g/mol. The van der Waals surface area contributed by atoms with Gasteiger partial charge in [-0.25, -0.2) is 4.39 Å². The number of carbonyl (C=O) groups is 1. The molecule has 104 valence electrons. The molecule has 0 aliphatic rings. The van der Waals surface area contributed by atoms with Crippen molar-refractivity contribution in [2.75, 3.05) is 6.61 Å². The molecule has 0 aromatic heterocycles. The molecule has 0 amide bonds. The molecule has 0 bridgehead atoms. The standard InChI is InChI=1S/C15H11Cl2FO2/c16-11-3-6-15(13(17)9-11)20-8-7-14(19)10-1-4-12(18)5-2-10/h1-6,9H,7-8H2. The second-order valence-electron chi connectivity index (χ2n) is 4.10. The molecule has 0 spiro atoms. The van der Waals surface area contributed by atoms with Crippen molar-refractivity contribution in [1.29, 1.82) is 0 Å². The van der Waals surface area contributed by atoms with Gasteiger partial charge in [0.25, 0.3) is 0 Å². The van der Waals surface area contributed by atoms with Gasteiger partial charge in [-0.2, -0.15) is 0 Å². The van der Waals surface area contributed by atoms with Crippen molar-refractivity contribution in [3.05, 3.63) is 63.9 Å². The number of ether oxygens (including phenoxy) is 1. The summed E-state index contributed by atoms with van der Waals surface area (Å²) in [7, 11) is 0. The van der Waals surface area contributed by atoms with Gasteiger partial charge in [0, 0.05) is 17.0 Å². The fourth-order valence-electron chi connectivity index (χ4n) is 1.63. The summed E-state index contributed by atoms with van der Waals surface area (Å²) in [6, 6.07) is 10.3. The number of ketones is 1. The number of carbonyl (C=O) groups excluding carboxylic acids is 1. The lowest BCUT2D eigenvalue weighted by molar-refractivity contribution is 0.0962. The summed E-state index contributed by atoms with van der Waals surface area (Å²) in [6.07, 6.45) is 0.185. The Kier molecular flexibility index (Phi) is 4.99. The largest absolute Gasteiger partial charge is 0.492 e. The van der Waals surface area contributed by atoms with Crippen LogP contribution >= 0.6 is 23.2 Å². The molecule has 2 rings (SSSR count). The molecule has 0 unspecified atom stereocenters. The van der Waals surface area contributed by atoms with E-state index in [0.29, 0.717) is 21.4 Å². The van der Waals surface area contributed by atoms with Crippen LogP contribution in [0.15, 0.2) is 42.5 Å². The Labute approximate surface area is 126 Å². The van der Waals surface area contributed by atoms with Crippen molar-refractivity contribution in [1.82, 2.24) is 0 Å². The lowest BCUT2D eigenvalue weighted by atomic mass is 10.1. The van der Waals surface area contributed by atoms with Crippen LogP contribution in [0.5, 0.6) is 5.75 Å². The smallest absolute Gasteiger partial charge is 0.166 e. The highest BCUT2D eigenvalue weighted by Gasteiger charge is 2.07. The van der Waals surface area contributed by atoms with Crippen LogP contribution in [-0.2, 0) is 0 Å². The Morgan fingerprint density at radius 3 is 2.45 bits per heavy atom. The minimum absolute atomic E-state index is 0.116. The van der Waals surface area contributed by atoms with Crippen LogP contribution in [-0.4, -0.2) is 12.4 Å². The van der Waals surface area contributed by atoms with E-state index in [-0.39, 0.29) is 24.6 Å². The quantitative estimate of drug-likeness (QED) is 0.742. The van der Waals surface area contributed by atoms with Crippen molar-refractivity contribution in [3.8, 4) is 5.75 Å². The first-order chi connectivity index (χ1) is 9.56. The lowest BCUT2D eigenvalue weighted by Crippen LogP contribution is -2.07. The van der Waals surface area contributed by atoms with Gasteiger partial charge >= 0.3 is 0 Å². The van der Waals surface area contributed by atoms with Crippen molar-refractivity contribution < 1.29 is 13.9 Å². The minimum Gasteiger partial charge on any atom is -0.492 e. The molecule has 2 nitrogen and oxygen atoms in total. The number of benzene rings is 2. The monoisotopic (exact) mass is 312 g/mol. The van der Waals surface area contributed by atoms with Crippen molar-refractivity contribution in [2.45, 2.75) is 6.42 Å². The molecule has 5 heteroatoms. The molecule has 0 aliphatic carbocycles. The third-order valence-corrected chi connectivity index (χ3v) is 3.18. The van der Waals surface area contributed by atoms with E-state index >= 15 is 0 Å². The van der Waals surface area contributed by atoms with Crippen LogP contribution in [0.25, 0.3) is 0 Å². The van der Waals surface area contributed by atoms with Crippen LogP contribution in [0.4, 0.5) is 4.39 Å². The number of Topliss-reactive ketones (excluding diaryl/α,β-unsaturated/α-hetero) is 1. The highest BCUT2D eigenvalue weighted by atomic mass is 35.5. The molecule has 0 saturated heterocycles. The van der Waals surface area contributed by atoms with Gasteiger partial charge in [0.2, 0.25) is 0 Å². The maximum absolute atomic E-state index is 12.7.